The number of aromatic nitrogens is 1. The Bertz CT molecular complexity index is 737. The number of halogens is 1. The Morgan fingerprint density at radius 1 is 1.08 bits per heavy atom. The molecule has 1 aromatic carbocycles. The van der Waals surface area contributed by atoms with E-state index in [-0.39, 0.29) is 6.23 Å². The molecule has 138 valence electrons. The number of ether oxygens (including phenoxy) is 3. The van der Waals surface area contributed by atoms with Gasteiger partial charge in [0.2, 0.25) is 0 Å². The molecule has 0 bridgehead atoms. The van der Waals surface area contributed by atoms with Crippen molar-refractivity contribution < 1.29 is 14.2 Å². The van der Waals surface area contributed by atoms with E-state index in [2.05, 4.69) is 14.8 Å². The summed E-state index contributed by atoms with van der Waals surface area (Å²) in [6.45, 7) is 5.89. The van der Waals surface area contributed by atoms with Gasteiger partial charge < -0.3 is 14.2 Å². The number of benzene rings is 1. The Labute approximate surface area is 158 Å². The molecule has 1 fully saturated rings. The van der Waals surface area contributed by atoms with Crippen molar-refractivity contribution in [1.82, 2.24) is 14.8 Å². The molecule has 0 aliphatic carbocycles. The summed E-state index contributed by atoms with van der Waals surface area (Å²) in [5.41, 5.74) is 0. The molecule has 3 heterocycles. The molecule has 2 aliphatic rings. The molecule has 4 rings (SSSR count). The summed E-state index contributed by atoms with van der Waals surface area (Å²) in [6, 6.07) is 11.5. The fourth-order valence-electron chi connectivity index (χ4n) is 3.23. The molecule has 2 aliphatic heterocycles. The van der Waals surface area contributed by atoms with Crippen molar-refractivity contribution in [1.29, 1.82) is 0 Å². The number of pyridine rings is 1. The minimum atomic E-state index is -0.0162. The standard InChI is InChI=1S/C19H22ClN3O3/c20-19-17(6-3-7-21-19)24-13-12-22-8-10-23(11-9-22)18-14-25-15-4-1-2-5-16(15)26-18/h1-7,18H,8-14H2. The molecule has 1 unspecified atom stereocenters. The molecule has 0 N–H and O–H groups in total. The van der Waals surface area contributed by atoms with Crippen LogP contribution in [0.1, 0.15) is 0 Å². The molecule has 1 saturated heterocycles. The fourth-order valence-corrected chi connectivity index (χ4v) is 3.40. The smallest absolute Gasteiger partial charge is 0.187 e. The first-order valence-electron chi connectivity index (χ1n) is 8.88. The normalized spacial score (nSPS) is 20.7. The van der Waals surface area contributed by atoms with Crippen molar-refractivity contribution in [3.8, 4) is 17.2 Å². The van der Waals surface area contributed by atoms with E-state index >= 15 is 0 Å². The molecule has 0 amide bonds. The number of fused-ring (bicyclic) bond motifs is 1. The predicted octanol–water partition coefficient (Wildman–Crippen LogP) is 2.53. The highest BCUT2D eigenvalue weighted by Gasteiger charge is 2.29. The van der Waals surface area contributed by atoms with Crippen LogP contribution in [-0.4, -0.2) is 66.9 Å². The summed E-state index contributed by atoms with van der Waals surface area (Å²) >= 11 is 6.00. The van der Waals surface area contributed by atoms with Crippen molar-refractivity contribution >= 4 is 11.6 Å². The molecule has 26 heavy (non-hydrogen) atoms. The van der Waals surface area contributed by atoms with Gasteiger partial charge in [0, 0.05) is 38.9 Å². The van der Waals surface area contributed by atoms with Crippen LogP contribution in [-0.2, 0) is 0 Å². The third-order valence-corrected chi connectivity index (χ3v) is 4.98. The lowest BCUT2D eigenvalue weighted by Gasteiger charge is -2.40. The zero-order valence-corrected chi connectivity index (χ0v) is 15.3. The Hall–Kier alpha value is -2.02. The van der Waals surface area contributed by atoms with Crippen LogP contribution in [0.25, 0.3) is 0 Å². The van der Waals surface area contributed by atoms with Crippen molar-refractivity contribution in [3.63, 3.8) is 0 Å². The van der Waals surface area contributed by atoms with Crippen LogP contribution in [0.15, 0.2) is 42.6 Å². The zero-order valence-electron chi connectivity index (χ0n) is 14.5. The second-order valence-corrected chi connectivity index (χ2v) is 6.71. The SMILES string of the molecule is Clc1ncccc1OCCN1CCN(C2COc3ccccc3O2)CC1. The highest BCUT2D eigenvalue weighted by molar-refractivity contribution is 6.30. The summed E-state index contributed by atoms with van der Waals surface area (Å²) in [5.74, 6) is 2.29. The number of piperazine rings is 1. The maximum atomic E-state index is 6.09. The summed E-state index contributed by atoms with van der Waals surface area (Å²) < 4.78 is 17.6. The molecule has 6 nitrogen and oxygen atoms in total. The third kappa shape index (κ3) is 4.03. The number of nitrogens with zero attached hydrogens (tertiary/aromatic N) is 3. The fraction of sp³-hybridized carbons (Fsp3) is 0.421. The van der Waals surface area contributed by atoms with Gasteiger partial charge in [-0.25, -0.2) is 4.98 Å². The van der Waals surface area contributed by atoms with Gasteiger partial charge in [0.05, 0.1) is 0 Å². The van der Waals surface area contributed by atoms with Gasteiger partial charge in [-0.2, -0.15) is 0 Å². The van der Waals surface area contributed by atoms with Crippen molar-refractivity contribution in [3.05, 3.63) is 47.7 Å². The molecule has 0 saturated carbocycles. The van der Waals surface area contributed by atoms with E-state index in [9.17, 15) is 0 Å². The Kier molecular flexibility index (Phi) is 5.43. The Balaban J connectivity index is 1.22. The highest BCUT2D eigenvalue weighted by Crippen LogP contribution is 2.31. The van der Waals surface area contributed by atoms with Crippen molar-refractivity contribution in [2.45, 2.75) is 6.23 Å². The van der Waals surface area contributed by atoms with Gasteiger partial charge >= 0.3 is 0 Å². The van der Waals surface area contributed by atoms with Crippen molar-refractivity contribution in [2.24, 2.45) is 0 Å². The van der Waals surface area contributed by atoms with Gasteiger partial charge in [0.1, 0.15) is 13.2 Å². The van der Waals surface area contributed by atoms with Gasteiger partial charge in [0.25, 0.3) is 0 Å². The predicted molar refractivity (Wildman–Crippen MR) is 99.1 cm³/mol. The van der Waals surface area contributed by atoms with Crippen LogP contribution in [0.5, 0.6) is 17.2 Å². The van der Waals surface area contributed by atoms with E-state index < -0.39 is 0 Å². The molecule has 1 aromatic heterocycles. The quantitative estimate of drug-likeness (QED) is 0.748. The van der Waals surface area contributed by atoms with Crippen LogP contribution in [0.2, 0.25) is 5.15 Å². The molecule has 7 heteroatoms. The van der Waals surface area contributed by atoms with Crippen LogP contribution < -0.4 is 14.2 Å². The summed E-state index contributed by atoms with van der Waals surface area (Å²) in [7, 11) is 0. The van der Waals surface area contributed by atoms with Gasteiger partial charge in [-0.3, -0.25) is 9.80 Å². The van der Waals surface area contributed by atoms with Gasteiger partial charge in [-0.1, -0.05) is 23.7 Å². The van der Waals surface area contributed by atoms with E-state index in [1.807, 2.05) is 36.4 Å². The zero-order chi connectivity index (χ0) is 17.8. The molecule has 1 atom stereocenters. The number of para-hydroxylation sites is 2. The maximum absolute atomic E-state index is 6.09. The first kappa shape index (κ1) is 17.4. The lowest BCUT2D eigenvalue weighted by atomic mass is 10.2. The second kappa shape index (κ2) is 8.12. The van der Waals surface area contributed by atoms with Crippen LogP contribution >= 0.6 is 11.6 Å². The van der Waals surface area contributed by atoms with Crippen LogP contribution in [0, 0.1) is 0 Å². The van der Waals surface area contributed by atoms with E-state index in [0.29, 0.717) is 24.1 Å². The average Bonchev–Trinajstić information content (AvgIpc) is 2.70. The van der Waals surface area contributed by atoms with Gasteiger partial charge in [-0.05, 0) is 24.3 Å². The lowest BCUT2D eigenvalue weighted by molar-refractivity contribution is -0.0501. The van der Waals surface area contributed by atoms with Crippen molar-refractivity contribution in [2.75, 3.05) is 45.9 Å². The van der Waals surface area contributed by atoms with E-state index in [4.69, 9.17) is 25.8 Å². The maximum Gasteiger partial charge on any atom is 0.187 e. The second-order valence-electron chi connectivity index (χ2n) is 6.35. The third-order valence-electron chi connectivity index (χ3n) is 4.70. The summed E-state index contributed by atoms with van der Waals surface area (Å²) in [5, 5.41) is 0.409. The minimum Gasteiger partial charge on any atom is -0.489 e. The average molecular weight is 376 g/mol. The van der Waals surface area contributed by atoms with Crippen LogP contribution in [0.4, 0.5) is 0 Å². The summed E-state index contributed by atoms with van der Waals surface area (Å²) in [4.78, 5) is 8.74. The monoisotopic (exact) mass is 375 g/mol. The molecular formula is C19H22ClN3O3. The Morgan fingerprint density at radius 2 is 1.88 bits per heavy atom. The molecule has 0 spiro atoms. The van der Waals surface area contributed by atoms with Crippen LogP contribution in [0.3, 0.4) is 0 Å². The molecule has 2 aromatic rings. The number of hydrogen-bond acceptors (Lipinski definition) is 6. The largest absolute Gasteiger partial charge is 0.489 e. The topological polar surface area (TPSA) is 47.1 Å². The van der Waals surface area contributed by atoms with Gasteiger partial charge in [0.15, 0.2) is 28.6 Å². The first-order chi connectivity index (χ1) is 12.8. The number of hydrogen-bond donors (Lipinski definition) is 0. The van der Waals surface area contributed by atoms with E-state index in [1.165, 1.54) is 0 Å². The van der Waals surface area contributed by atoms with E-state index in [0.717, 1.165) is 44.2 Å². The van der Waals surface area contributed by atoms with E-state index in [1.54, 1.807) is 6.20 Å². The minimum absolute atomic E-state index is 0.0162. The molecule has 0 radical (unpaired) electrons. The van der Waals surface area contributed by atoms with Gasteiger partial charge in [-0.15, -0.1) is 0 Å². The molecular weight excluding hydrogens is 354 g/mol. The lowest BCUT2D eigenvalue weighted by Crippen LogP contribution is -2.55. The highest BCUT2D eigenvalue weighted by atomic mass is 35.5. The first-order valence-corrected chi connectivity index (χ1v) is 9.25. The number of rotatable bonds is 5. The summed E-state index contributed by atoms with van der Waals surface area (Å²) in [6.07, 6.45) is 1.64. The Morgan fingerprint density at radius 3 is 2.69 bits per heavy atom.